The van der Waals surface area contributed by atoms with Crippen LogP contribution in [0.2, 0.25) is 0 Å². The summed E-state index contributed by atoms with van der Waals surface area (Å²) in [6, 6.07) is 15.3. The van der Waals surface area contributed by atoms with E-state index >= 15 is 0 Å². The second-order valence-corrected chi connectivity index (χ2v) is 5.31. The summed E-state index contributed by atoms with van der Waals surface area (Å²) in [7, 11) is 0. The Bertz CT molecular complexity index is 654. The van der Waals surface area contributed by atoms with E-state index in [0.717, 1.165) is 5.56 Å². The molecular weight excluding hydrogens is 268 g/mol. The number of fused-ring (bicyclic) bond motifs is 1. The van der Waals surface area contributed by atoms with Crippen LogP contribution in [0.3, 0.4) is 0 Å². The third-order valence-corrected chi connectivity index (χ3v) is 3.78. The van der Waals surface area contributed by atoms with E-state index in [2.05, 4.69) is 12.1 Å². The Morgan fingerprint density at radius 3 is 1.95 bits per heavy atom. The highest BCUT2D eigenvalue weighted by atomic mass is 32.1. The van der Waals surface area contributed by atoms with Crippen LogP contribution in [0, 0.1) is 0 Å². The van der Waals surface area contributed by atoms with Gasteiger partial charge in [-0.05, 0) is 23.3 Å². The molecule has 0 saturated carbocycles. The lowest BCUT2D eigenvalue weighted by Gasteiger charge is -2.15. The molecule has 100 valence electrons. The van der Waals surface area contributed by atoms with Gasteiger partial charge in [0.05, 0.1) is 0 Å². The quantitative estimate of drug-likeness (QED) is 0.861. The highest BCUT2D eigenvalue weighted by molar-refractivity contribution is 7.80. The van der Waals surface area contributed by atoms with Crippen molar-refractivity contribution >= 4 is 23.1 Å². The zero-order valence-electron chi connectivity index (χ0n) is 10.9. The number of amides is 1. The number of thiocarbonyl (C=S) groups is 1. The number of nitrogens with zero attached hydrogens (tertiary/aromatic N) is 1. The summed E-state index contributed by atoms with van der Waals surface area (Å²) in [4.78, 5) is 14.7. The summed E-state index contributed by atoms with van der Waals surface area (Å²) in [6.07, 6.45) is 0. The standard InChI is InChI=1S/C16H14N2OS/c17-15(20)11-5-7-12(8-6-11)16(19)18-9-13-3-1-2-4-14(13)10-18/h1-8H,9-10H2,(H2,17,20). The molecule has 20 heavy (non-hydrogen) atoms. The molecule has 4 heteroatoms. The smallest absolute Gasteiger partial charge is 0.254 e. The topological polar surface area (TPSA) is 46.3 Å². The van der Waals surface area contributed by atoms with Crippen LogP contribution in [0.1, 0.15) is 27.0 Å². The molecule has 2 aromatic rings. The third-order valence-electron chi connectivity index (χ3n) is 3.54. The van der Waals surface area contributed by atoms with Gasteiger partial charge in [-0.25, -0.2) is 0 Å². The highest BCUT2D eigenvalue weighted by Crippen LogP contribution is 2.23. The molecule has 0 atom stereocenters. The van der Waals surface area contributed by atoms with E-state index < -0.39 is 0 Å². The van der Waals surface area contributed by atoms with Crippen LogP contribution < -0.4 is 5.73 Å². The summed E-state index contributed by atoms with van der Waals surface area (Å²) in [5.74, 6) is 0.0377. The monoisotopic (exact) mass is 282 g/mol. The Kier molecular flexibility index (Phi) is 3.24. The molecule has 1 aliphatic rings. The lowest BCUT2D eigenvalue weighted by molar-refractivity contribution is 0.0751. The summed E-state index contributed by atoms with van der Waals surface area (Å²) < 4.78 is 0. The highest BCUT2D eigenvalue weighted by Gasteiger charge is 2.23. The van der Waals surface area contributed by atoms with E-state index in [0.29, 0.717) is 23.6 Å². The summed E-state index contributed by atoms with van der Waals surface area (Å²) in [5.41, 5.74) is 9.44. The third kappa shape index (κ3) is 2.30. The molecule has 0 spiro atoms. The van der Waals surface area contributed by atoms with Gasteiger partial charge >= 0.3 is 0 Å². The van der Waals surface area contributed by atoms with Crippen LogP contribution in [-0.2, 0) is 13.1 Å². The zero-order chi connectivity index (χ0) is 14.1. The van der Waals surface area contributed by atoms with E-state index in [1.807, 2.05) is 17.0 Å². The first-order valence-corrected chi connectivity index (χ1v) is 6.82. The van der Waals surface area contributed by atoms with Crippen molar-refractivity contribution in [3.05, 3.63) is 70.8 Å². The molecule has 2 N–H and O–H groups in total. The first-order chi connectivity index (χ1) is 9.65. The second kappa shape index (κ2) is 5.06. The number of hydrogen-bond donors (Lipinski definition) is 1. The normalized spacial score (nSPS) is 13.1. The van der Waals surface area contributed by atoms with Gasteiger partial charge in [0.2, 0.25) is 0 Å². The molecule has 0 bridgehead atoms. The van der Waals surface area contributed by atoms with Gasteiger partial charge in [-0.15, -0.1) is 0 Å². The summed E-state index contributed by atoms with van der Waals surface area (Å²) in [6.45, 7) is 1.35. The Morgan fingerprint density at radius 2 is 1.45 bits per heavy atom. The zero-order valence-corrected chi connectivity index (χ0v) is 11.7. The fourth-order valence-corrected chi connectivity index (χ4v) is 2.57. The van der Waals surface area contributed by atoms with Crippen molar-refractivity contribution in [3.63, 3.8) is 0 Å². The Balaban J connectivity index is 1.79. The lowest BCUT2D eigenvalue weighted by Crippen LogP contribution is -2.25. The van der Waals surface area contributed by atoms with Crippen molar-refractivity contribution in [1.82, 2.24) is 4.90 Å². The molecule has 1 aliphatic heterocycles. The van der Waals surface area contributed by atoms with Crippen molar-refractivity contribution < 1.29 is 4.79 Å². The number of benzene rings is 2. The average molecular weight is 282 g/mol. The molecular formula is C16H14N2OS. The van der Waals surface area contributed by atoms with Gasteiger partial charge in [-0.2, -0.15) is 0 Å². The predicted molar refractivity (Wildman–Crippen MR) is 82.3 cm³/mol. The predicted octanol–water partition coefficient (Wildman–Crippen LogP) is 2.48. The Morgan fingerprint density at radius 1 is 0.950 bits per heavy atom. The van der Waals surface area contributed by atoms with Gasteiger partial charge in [0.25, 0.3) is 5.91 Å². The molecule has 0 aromatic heterocycles. The molecule has 1 amide bonds. The van der Waals surface area contributed by atoms with Gasteiger partial charge in [0, 0.05) is 24.2 Å². The van der Waals surface area contributed by atoms with E-state index in [-0.39, 0.29) is 5.91 Å². The van der Waals surface area contributed by atoms with Gasteiger partial charge in [0.1, 0.15) is 4.99 Å². The maximum Gasteiger partial charge on any atom is 0.254 e. The van der Waals surface area contributed by atoms with Crippen LogP contribution >= 0.6 is 12.2 Å². The largest absolute Gasteiger partial charge is 0.389 e. The number of carbonyl (C=O) groups is 1. The first kappa shape index (κ1) is 12.8. The van der Waals surface area contributed by atoms with Gasteiger partial charge < -0.3 is 10.6 Å². The fourth-order valence-electron chi connectivity index (χ4n) is 2.44. The molecule has 0 saturated heterocycles. The lowest BCUT2D eigenvalue weighted by atomic mass is 10.1. The van der Waals surface area contributed by atoms with E-state index in [4.69, 9.17) is 18.0 Å². The van der Waals surface area contributed by atoms with Crippen molar-refractivity contribution in [1.29, 1.82) is 0 Å². The van der Waals surface area contributed by atoms with Gasteiger partial charge in [-0.1, -0.05) is 48.6 Å². The van der Waals surface area contributed by atoms with E-state index in [1.165, 1.54) is 11.1 Å². The minimum atomic E-state index is 0.0377. The molecule has 2 aromatic carbocycles. The molecule has 0 fully saturated rings. The first-order valence-electron chi connectivity index (χ1n) is 6.41. The van der Waals surface area contributed by atoms with Crippen LogP contribution in [-0.4, -0.2) is 15.8 Å². The summed E-state index contributed by atoms with van der Waals surface area (Å²) >= 11 is 4.91. The Labute approximate surface area is 123 Å². The van der Waals surface area contributed by atoms with Crippen LogP contribution in [0.5, 0.6) is 0 Å². The molecule has 3 rings (SSSR count). The molecule has 3 nitrogen and oxygen atoms in total. The van der Waals surface area contributed by atoms with Crippen molar-refractivity contribution in [2.75, 3.05) is 0 Å². The minimum Gasteiger partial charge on any atom is -0.389 e. The molecule has 0 unspecified atom stereocenters. The molecule has 0 radical (unpaired) electrons. The average Bonchev–Trinajstić information content (AvgIpc) is 2.90. The molecule has 0 aliphatic carbocycles. The van der Waals surface area contributed by atoms with E-state index in [1.54, 1.807) is 24.3 Å². The van der Waals surface area contributed by atoms with E-state index in [9.17, 15) is 4.79 Å². The van der Waals surface area contributed by atoms with Crippen molar-refractivity contribution in [3.8, 4) is 0 Å². The van der Waals surface area contributed by atoms with Gasteiger partial charge in [-0.3, -0.25) is 4.79 Å². The fraction of sp³-hybridized carbons (Fsp3) is 0.125. The Hall–Kier alpha value is -2.20. The van der Waals surface area contributed by atoms with Crippen LogP contribution in [0.15, 0.2) is 48.5 Å². The number of rotatable bonds is 2. The number of nitrogens with two attached hydrogens (primary N) is 1. The molecule has 1 heterocycles. The van der Waals surface area contributed by atoms with Crippen LogP contribution in [0.4, 0.5) is 0 Å². The summed E-state index contributed by atoms with van der Waals surface area (Å²) in [5, 5.41) is 0. The second-order valence-electron chi connectivity index (χ2n) is 4.87. The van der Waals surface area contributed by atoms with Gasteiger partial charge in [0.15, 0.2) is 0 Å². The maximum absolute atomic E-state index is 12.5. The minimum absolute atomic E-state index is 0.0377. The SMILES string of the molecule is NC(=S)c1ccc(C(=O)N2Cc3ccccc3C2)cc1. The van der Waals surface area contributed by atoms with Crippen molar-refractivity contribution in [2.24, 2.45) is 5.73 Å². The number of hydrogen-bond acceptors (Lipinski definition) is 2. The number of carbonyl (C=O) groups excluding carboxylic acids is 1. The maximum atomic E-state index is 12.5. The van der Waals surface area contributed by atoms with Crippen LogP contribution in [0.25, 0.3) is 0 Å². The van der Waals surface area contributed by atoms with Crippen molar-refractivity contribution in [2.45, 2.75) is 13.1 Å².